The van der Waals surface area contributed by atoms with Crippen LogP contribution >= 0.6 is 12.2 Å². The number of carbonyl (C=O) groups is 1. The van der Waals surface area contributed by atoms with Gasteiger partial charge in [0.1, 0.15) is 5.75 Å². The van der Waals surface area contributed by atoms with Gasteiger partial charge in [-0.3, -0.25) is 10.1 Å². The molecule has 1 aliphatic rings. The van der Waals surface area contributed by atoms with Crippen LogP contribution in [0.5, 0.6) is 5.75 Å². The van der Waals surface area contributed by atoms with Crippen molar-refractivity contribution < 1.29 is 9.53 Å². The van der Waals surface area contributed by atoms with Crippen LogP contribution in [0.25, 0.3) is 0 Å². The third-order valence-corrected chi connectivity index (χ3v) is 4.17. The molecule has 0 atom stereocenters. The predicted octanol–water partition coefficient (Wildman–Crippen LogP) is 3.61. The lowest BCUT2D eigenvalue weighted by atomic mass is 10.2. The highest BCUT2D eigenvalue weighted by molar-refractivity contribution is 7.80. The molecule has 0 bridgehead atoms. The second-order valence-corrected chi connectivity index (χ2v) is 6.78. The standard InChI is InChI=1S/C18H26N2O2S/c1-14(2)13-22-16-9-7-15(8-10-16)17(21)19-18(23)20-11-5-3-4-6-12-20/h7-10,14H,3-6,11-13H2,1-2H3,(H,19,21,23). The zero-order valence-electron chi connectivity index (χ0n) is 14.0. The first-order valence-corrected chi connectivity index (χ1v) is 8.80. The average Bonchev–Trinajstić information content (AvgIpc) is 2.82. The number of hydrogen-bond donors (Lipinski definition) is 1. The topological polar surface area (TPSA) is 41.6 Å². The fourth-order valence-corrected chi connectivity index (χ4v) is 2.76. The van der Waals surface area contributed by atoms with Crippen molar-refractivity contribution in [3.8, 4) is 5.75 Å². The van der Waals surface area contributed by atoms with E-state index in [0.717, 1.165) is 31.7 Å². The van der Waals surface area contributed by atoms with E-state index in [1.54, 1.807) is 12.1 Å². The third-order valence-electron chi connectivity index (χ3n) is 3.81. The average molecular weight is 334 g/mol. The van der Waals surface area contributed by atoms with E-state index in [4.69, 9.17) is 17.0 Å². The smallest absolute Gasteiger partial charge is 0.257 e. The molecule has 0 spiro atoms. The highest BCUT2D eigenvalue weighted by Gasteiger charge is 2.15. The van der Waals surface area contributed by atoms with Gasteiger partial charge in [-0.15, -0.1) is 0 Å². The van der Waals surface area contributed by atoms with E-state index >= 15 is 0 Å². The van der Waals surface area contributed by atoms with Crippen molar-refractivity contribution in [2.75, 3.05) is 19.7 Å². The summed E-state index contributed by atoms with van der Waals surface area (Å²) >= 11 is 5.38. The minimum Gasteiger partial charge on any atom is -0.493 e. The summed E-state index contributed by atoms with van der Waals surface area (Å²) < 4.78 is 5.63. The van der Waals surface area contributed by atoms with Crippen LogP contribution in [0.4, 0.5) is 0 Å². The van der Waals surface area contributed by atoms with Crippen LogP contribution < -0.4 is 10.1 Å². The molecule has 1 N–H and O–H groups in total. The first-order chi connectivity index (χ1) is 11.1. The van der Waals surface area contributed by atoms with Crippen molar-refractivity contribution in [1.82, 2.24) is 10.2 Å². The molecule has 0 unspecified atom stereocenters. The lowest BCUT2D eigenvalue weighted by Gasteiger charge is -2.23. The minimum atomic E-state index is -0.158. The summed E-state index contributed by atoms with van der Waals surface area (Å²) in [4.78, 5) is 14.4. The van der Waals surface area contributed by atoms with E-state index in [-0.39, 0.29) is 5.91 Å². The zero-order chi connectivity index (χ0) is 16.7. The summed E-state index contributed by atoms with van der Waals surface area (Å²) in [7, 11) is 0. The minimum absolute atomic E-state index is 0.158. The molecule has 0 saturated carbocycles. The van der Waals surface area contributed by atoms with Gasteiger partial charge in [0.05, 0.1) is 6.61 Å². The zero-order valence-corrected chi connectivity index (χ0v) is 14.8. The molecule has 4 nitrogen and oxygen atoms in total. The number of nitrogens with one attached hydrogen (secondary N) is 1. The Labute approximate surface area is 144 Å². The van der Waals surface area contributed by atoms with Crippen molar-refractivity contribution in [2.24, 2.45) is 5.92 Å². The van der Waals surface area contributed by atoms with Crippen molar-refractivity contribution in [3.05, 3.63) is 29.8 Å². The van der Waals surface area contributed by atoms with Gasteiger partial charge in [0, 0.05) is 18.7 Å². The molecular formula is C18H26N2O2S. The van der Waals surface area contributed by atoms with Crippen LogP contribution in [0.2, 0.25) is 0 Å². The Hall–Kier alpha value is -1.62. The largest absolute Gasteiger partial charge is 0.493 e. The molecular weight excluding hydrogens is 308 g/mol. The molecule has 1 aromatic rings. The summed E-state index contributed by atoms with van der Waals surface area (Å²) in [5.74, 6) is 1.10. The van der Waals surface area contributed by atoms with Gasteiger partial charge < -0.3 is 9.64 Å². The number of likely N-dealkylation sites (tertiary alicyclic amines) is 1. The Balaban J connectivity index is 1.88. The number of hydrogen-bond acceptors (Lipinski definition) is 3. The molecule has 0 aromatic heterocycles. The number of thiocarbonyl (C=S) groups is 1. The van der Waals surface area contributed by atoms with Gasteiger partial charge in [-0.05, 0) is 55.2 Å². The summed E-state index contributed by atoms with van der Waals surface area (Å²) in [6.07, 6.45) is 4.76. The second-order valence-electron chi connectivity index (χ2n) is 6.39. The summed E-state index contributed by atoms with van der Waals surface area (Å²) in [5.41, 5.74) is 0.596. The molecule has 1 fully saturated rings. The van der Waals surface area contributed by atoms with E-state index < -0.39 is 0 Å². The molecule has 1 aliphatic heterocycles. The Morgan fingerprint density at radius 1 is 1.17 bits per heavy atom. The molecule has 0 aliphatic carbocycles. The number of benzene rings is 1. The van der Waals surface area contributed by atoms with Gasteiger partial charge in [0.15, 0.2) is 5.11 Å². The van der Waals surface area contributed by atoms with Gasteiger partial charge in [-0.25, -0.2) is 0 Å². The summed E-state index contributed by atoms with van der Waals surface area (Å²) in [5, 5.41) is 3.38. The van der Waals surface area contributed by atoms with E-state index in [0.29, 0.717) is 23.2 Å². The van der Waals surface area contributed by atoms with Crippen LogP contribution in [-0.2, 0) is 0 Å². The monoisotopic (exact) mass is 334 g/mol. The SMILES string of the molecule is CC(C)COc1ccc(C(=O)NC(=S)N2CCCCCC2)cc1. The third kappa shape index (κ3) is 5.82. The maximum atomic E-state index is 12.3. The number of rotatable bonds is 4. The molecule has 126 valence electrons. The van der Waals surface area contributed by atoms with Gasteiger partial charge >= 0.3 is 0 Å². The first kappa shape index (κ1) is 17.7. The van der Waals surface area contributed by atoms with Crippen molar-refractivity contribution in [2.45, 2.75) is 39.5 Å². The maximum Gasteiger partial charge on any atom is 0.257 e. The van der Waals surface area contributed by atoms with Gasteiger partial charge in [0.2, 0.25) is 0 Å². The number of ether oxygens (including phenoxy) is 1. The molecule has 1 saturated heterocycles. The molecule has 0 radical (unpaired) electrons. The van der Waals surface area contributed by atoms with E-state index in [1.165, 1.54) is 12.8 Å². The van der Waals surface area contributed by atoms with Crippen LogP contribution in [0.1, 0.15) is 49.9 Å². The lowest BCUT2D eigenvalue weighted by molar-refractivity contribution is 0.0973. The molecule has 5 heteroatoms. The molecule has 1 heterocycles. The number of amides is 1. The van der Waals surface area contributed by atoms with Gasteiger partial charge in [0.25, 0.3) is 5.91 Å². The molecule has 1 aromatic carbocycles. The fourth-order valence-electron chi connectivity index (χ4n) is 2.49. The van der Waals surface area contributed by atoms with Crippen molar-refractivity contribution in [3.63, 3.8) is 0 Å². The second kappa shape index (κ2) is 8.87. The Kier molecular flexibility index (Phi) is 6.84. The molecule has 1 amide bonds. The van der Waals surface area contributed by atoms with Crippen molar-refractivity contribution in [1.29, 1.82) is 0 Å². The lowest BCUT2D eigenvalue weighted by Crippen LogP contribution is -2.43. The number of carbonyl (C=O) groups excluding carboxylic acids is 1. The quantitative estimate of drug-likeness (QED) is 0.854. The van der Waals surface area contributed by atoms with E-state index in [2.05, 4.69) is 24.1 Å². The summed E-state index contributed by atoms with van der Waals surface area (Å²) in [6.45, 7) is 6.74. The Morgan fingerprint density at radius 2 is 1.78 bits per heavy atom. The first-order valence-electron chi connectivity index (χ1n) is 8.39. The Bertz CT molecular complexity index is 520. The number of nitrogens with zero attached hydrogens (tertiary/aromatic N) is 1. The molecule has 23 heavy (non-hydrogen) atoms. The van der Waals surface area contributed by atoms with Gasteiger partial charge in [-0.1, -0.05) is 26.7 Å². The highest BCUT2D eigenvalue weighted by atomic mass is 32.1. The van der Waals surface area contributed by atoms with Crippen LogP contribution in [0, 0.1) is 5.92 Å². The highest BCUT2D eigenvalue weighted by Crippen LogP contribution is 2.14. The van der Waals surface area contributed by atoms with E-state index in [1.807, 2.05) is 12.1 Å². The van der Waals surface area contributed by atoms with Crippen LogP contribution in [0.15, 0.2) is 24.3 Å². The normalized spacial score (nSPS) is 15.2. The maximum absolute atomic E-state index is 12.3. The fraction of sp³-hybridized carbons (Fsp3) is 0.556. The van der Waals surface area contributed by atoms with Crippen LogP contribution in [0.3, 0.4) is 0 Å². The van der Waals surface area contributed by atoms with Gasteiger partial charge in [-0.2, -0.15) is 0 Å². The van der Waals surface area contributed by atoms with E-state index in [9.17, 15) is 4.79 Å². The summed E-state index contributed by atoms with van der Waals surface area (Å²) in [6, 6.07) is 7.20. The van der Waals surface area contributed by atoms with Crippen LogP contribution in [-0.4, -0.2) is 35.6 Å². The Morgan fingerprint density at radius 3 is 2.35 bits per heavy atom. The predicted molar refractivity (Wildman–Crippen MR) is 96.9 cm³/mol. The van der Waals surface area contributed by atoms with Crippen molar-refractivity contribution >= 4 is 23.2 Å². The molecule has 2 rings (SSSR count).